The van der Waals surface area contributed by atoms with E-state index < -0.39 is 0 Å². The van der Waals surface area contributed by atoms with E-state index in [4.69, 9.17) is 4.74 Å². The van der Waals surface area contributed by atoms with Gasteiger partial charge in [-0.1, -0.05) is 6.07 Å². The first-order chi connectivity index (χ1) is 10.2. The summed E-state index contributed by atoms with van der Waals surface area (Å²) in [4.78, 5) is 10.8. The molecule has 0 saturated carbocycles. The Bertz CT molecular complexity index is 788. The monoisotopic (exact) mass is 303 g/mol. The Morgan fingerprint density at radius 3 is 2.90 bits per heavy atom. The summed E-state index contributed by atoms with van der Waals surface area (Å²) >= 11 is 1.57. The molecule has 0 unspecified atom stereocenters. The molecule has 1 aromatic carbocycles. The van der Waals surface area contributed by atoms with Crippen molar-refractivity contribution in [3.8, 4) is 11.6 Å². The topological polar surface area (TPSA) is 47.0 Å². The van der Waals surface area contributed by atoms with Gasteiger partial charge < -0.3 is 10.1 Å². The fourth-order valence-electron chi connectivity index (χ4n) is 1.97. The van der Waals surface area contributed by atoms with E-state index >= 15 is 0 Å². The molecule has 0 aliphatic rings. The van der Waals surface area contributed by atoms with Crippen LogP contribution in [0.15, 0.2) is 30.3 Å². The maximum Gasteiger partial charge on any atom is 0.232 e. The number of ether oxygens (including phenoxy) is 1. The Labute approximate surface area is 125 Å². The van der Waals surface area contributed by atoms with E-state index in [0.29, 0.717) is 17.6 Å². The summed E-state index contributed by atoms with van der Waals surface area (Å²) < 4.78 is 19.0. The van der Waals surface area contributed by atoms with Crippen molar-refractivity contribution in [3.63, 3.8) is 0 Å². The summed E-state index contributed by atoms with van der Waals surface area (Å²) in [6, 6.07) is 7.99. The Hall–Kier alpha value is -2.21. The smallest absolute Gasteiger partial charge is 0.232 e. The number of hydrogen-bond donors (Lipinski definition) is 1. The van der Waals surface area contributed by atoms with Crippen molar-refractivity contribution < 1.29 is 9.13 Å². The summed E-state index contributed by atoms with van der Waals surface area (Å²) in [7, 11) is 0. The highest BCUT2D eigenvalue weighted by molar-refractivity contribution is 7.18. The summed E-state index contributed by atoms with van der Waals surface area (Å²) in [6.07, 6.45) is 0. The number of rotatable bonds is 4. The second kappa shape index (κ2) is 5.65. The zero-order valence-electron chi connectivity index (χ0n) is 11.7. The fourth-order valence-corrected chi connectivity index (χ4v) is 2.84. The van der Waals surface area contributed by atoms with E-state index in [1.165, 1.54) is 12.1 Å². The number of hydrogen-bond acceptors (Lipinski definition) is 5. The highest BCUT2D eigenvalue weighted by atomic mass is 32.1. The minimum atomic E-state index is -0.341. The zero-order chi connectivity index (χ0) is 14.8. The molecule has 1 N–H and O–H groups in total. The molecule has 0 radical (unpaired) electrons. The van der Waals surface area contributed by atoms with E-state index in [1.54, 1.807) is 23.5 Å². The van der Waals surface area contributed by atoms with Gasteiger partial charge in [0, 0.05) is 17.5 Å². The molecular formula is C15H14FN3OS. The van der Waals surface area contributed by atoms with Crippen molar-refractivity contribution >= 4 is 27.5 Å². The predicted octanol–water partition coefficient (Wildman–Crippen LogP) is 4.36. The summed E-state index contributed by atoms with van der Waals surface area (Å²) in [5.41, 5.74) is 0. The molecule has 3 aromatic rings. The van der Waals surface area contributed by atoms with E-state index in [-0.39, 0.29) is 5.82 Å². The molecule has 4 nitrogen and oxygen atoms in total. The lowest BCUT2D eigenvalue weighted by atomic mass is 10.3. The average Bonchev–Trinajstić information content (AvgIpc) is 2.80. The molecule has 0 spiro atoms. The van der Waals surface area contributed by atoms with Crippen LogP contribution >= 0.6 is 11.3 Å². The second-order valence-corrected chi connectivity index (χ2v) is 5.75. The lowest BCUT2D eigenvalue weighted by Gasteiger charge is -2.08. The van der Waals surface area contributed by atoms with Crippen LogP contribution in [0, 0.1) is 12.7 Å². The third-order valence-corrected chi connectivity index (χ3v) is 3.77. The van der Waals surface area contributed by atoms with Crippen LogP contribution in [0.2, 0.25) is 0 Å². The van der Waals surface area contributed by atoms with Gasteiger partial charge in [-0.15, -0.1) is 11.3 Å². The third-order valence-electron chi connectivity index (χ3n) is 2.83. The Balaban J connectivity index is 2.06. The van der Waals surface area contributed by atoms with Crippen molar-refractivity contribution in [2.45, 2.75) is 13.8 Å². The molecule has 0 bridgehead atoms. The molecule has 108 valence electrons. The molecule has 3 rings (SSSR count). The zero-order valence-corrected chi connectivity index (χ0v) is 12.5. The van der Waals surface area contributed by atoms with E-state index in [0.717, 1.165) is 21.6 Å². The van der Waals surface area contributed by atoms with Crippen molar-refractivity contribution in [2.24, 2.45) is 0 Å². The van der Waals surface area contributed by atoms with Gasteiger partial charge in [0.2, 0.25) is 11.8 Å². The molecule has 2 heterocycles. The van der Waals surface area contributed by atoms with E-state index in [1.807, 2.05) is 19.9 Å². The summed E-state index contributed by atoms with van der Waals surface area (Å²) in [5, 5.41) is 3.91. The van der Waals surface area contributed by atoms with Gasteiger partial charge in [-0.2, -0.15) is 4.98 Å². The quantitative estimate of drug-likeness (QED) is 0.778. The Kier molecular flexibility index (Phi) is 3.70. The minimum absolute atomic E-state index is 0.341. The largest absolute Gasteiger partial charge is 0.438 e. The number of nitrogens with zero attached hydrogens (tertiary/aromatic N) is 2. The molecule has 0 aliphatic heterocycles. The number of aromatic nitrogens is 2. The van der Waals surface area contributed by atoms with E-state index in [2.05, 4.69) is 15.3 Å². The first kappa shape index (κ1) is 13.8. The van der Waals surface area contributed by atoms with Crippen LogP contribution in [0.5, 0.6) is 11.6 Å². The second-order valence-electron chi connectivity index (χ2n) is 4.52. The van der Waals surface area contributed by atoms with Gasteiger partial charge in [0.1, 0.15) is 16.4 Å². The lowest BCUT2D eigenvalue weighted by Crippen LogP contribution is -2.02. The Morgan fingerprint density at radius 2 is 2.14 bits per heavy atom. The molecule has 21 heavy (non-hydrogen) atoms. The maximum atomic E-state index is 13.3. The molecular weight excluding hydrogens is 289 g/mol. The van der Waals surface area contributed by atoms with E-state index in [9.17, 15) is 4.39 Å². The highest BCUT2D eigenvalue weighted by Gasteiger charge is 2.12. The van der Waals surface area contributed by atoms with Crippen molar-refractivity contribution in [1.82, 2.24) is 9.97 Å². The van der Waals surface area contributed by atoms with Gasteiger partial charge >= 0.3 is 0 Å². The van der Waals surface area contributed by atoms with Crippen LogP contribution < -0.4 is 10.1 Å². The SMILES string of the molecule is CCNc1nc(Oc2cccc(F)c2)c2cc(C)sc2n1. The van der Waals surface area contributed by atoms with Crippen LogP contribution in [-0.2, 0) is 0 Å². The minimum Gasteiger partial charge on any atom is -0.438 e. The molecule has 6 heteroatoms. The first-order valence-corrected chi connectivity index (χ1v) is 7.43. The van der Waals surface area contributed by atoms with Gasteiger partial charge in [-0.25, -0.2) is 9.37 Å². The molecule has 0 aliphatic carbocycles. The van der Waals surface area contributed by atoms with Crippen molar-refractivity contribution in [2.75, 3.05) is 11.9 Å². The molecule has 0 atom stereocenters. The standard InChI is InChI=1S/C15H14FN3OS/c1-3-17-15-18-13(12-7-9(2)21-14(12)19-15)20-11-6-4-5-10(16)8-11/h4-8H,3H2,1-2H3,(H,17,18,19). The summed E-state index contributed by atoms with van der Waals surface area (Å²) in [6.45, 7) is 4.70. The van der Waals surface area contributed by atoms with Gasteiger partial charge in [0.05, 0.1) is 5.39 Å². The van der Waals surface area contributed by atoms with Crippen LogP contribution in [0.25, 0.3) is 10.2 Å². The van der Waals surface area contributed by atoms with Gasteiger partial charge in [-0.05, 0) is 32.0 Å². The number of thiophene rings is 1. The molecule has 2 aromatic heterocycles. The number of nitrogens with one attached hydrogen (secondary N) is 1. The third kappa shape index (κ3) is 2.95. The van der Waals surface area contributed by atoms with Crippen LogP contribution in [0.4, 0.5) is 10.3 Å². The number of fused-ring (bicyclic) bond motifs is 1. The molecule has 0 amide bonds. The van der Waals surface area contributed by atoms with Crippen LogP contribution in [0.3, 0.4) is 0 Å². The number of aryl methyl sites for hydroxylation is 1. The maximum absolute atomic E-state index is 13.3. The van der Waals surface area contributed by atoms with Gasteiger partial charge in [-0.3, -0.25) is 0 Å². The van der Waals surface area contributed by atoms with Crippen LogP contribution in [0.1, 0.15) is 11.8 Å². The van der Waals surface area contributed by atoms with Crippen molar-refractivity contribution in [3.05, 3.63) is 41.0 Å². The summed E-state index contributed by atoms with van der Waals surface area (Å²) in [5.74, 6) is 1.02. The first-order valence-electron chi connectivity index (χ1n) is 6.61. The normalized spacial score (nSPS) is 10.8. The van der Waals surface area contributed by atoms with Crippen LogP contribution in [-0.4, -0.2) is 16.5 Å². The Morgan fingerprint density at radius 1 is 1.29 bits per heavy atom. The highest BCUT2D eigenvalue weighted by Crippen LogP contribution is 2.33. The van der Waals surface area contributed by atoms with Gasteiger partial charge in [0.25, 0.3) is 0 Å². The number of halogens is 1. The van der Waals surface area contributed by atoms with Crippen molar-refractivity contribution in [1.29, 1.82) is 0 Å². The average molecular weight is 303 g/mol. The van der Waals surface area contributed by atoms with Gasteiger partial charge in [0.15, 0.2) is 0 Å². The fraction of sp³-hybridized carbons (Fsp3) is 0.200. The molecule has 0 fully saturated rings. The lowest BCUT2D eigenvalue weighted by molar-refractivity contribution is 0.464. The predicted molar refractivity (Wildman–Crippen MR) is 82.8 cm³/mol. The number of benzene rings is 1. The molecule has 0 saturated heterocycles. The number of anilines is 1.